The monoisotopic (exact) mass is 333 g/mol. The highest BCUT2D eigenvalue weighted by atomic mass is 16.6. The van der Waals surface area contributed by atoms with Crippen LogP contribution in [0.25, 0.3) is 0 Å². The van der Waals surface area contributed by atoms with Crippen LogP contribution in [0.2, 0.25) is 0 Å². The van der Waals surface area contributed by atoms with E-state index in [1.807, 2.05) is 10.8 Å². The van der Waals surface area contributed by atoms with E-state index in [1.165, 1.54) is 25.3 Å². The van der Waals surface area contributed by atoms with Crippen LogP contribution in [0.4, 0.5) is 11.4 Å². The molecule has 0 radical (unpaired) electrons. The van der Waals surface area contributed by atoms with Crippen LogP contribution < -0.4 is 15.4 Å². The number of rotatable bonds is 9. The summed E-state index contributed by atoms with van der Waals surface area (Å²) in [7, 11) is 1.44. The number of nitrogens with one attached hydrogen (secondary N) is 2. The summed E-state index contributed by atoms with van der Waals surface area (Å²) in [4.78, 5) is 26.2. The Bertz CT molecular complexity index is 687. The fourth-order valence-electron chi connectivity index (χ4n) is 2.11. The van der Waals surface area contributed by atoms with E-state index in [4.69, 9.17) is 4.74 Å². The van der Waals surface area contributed by atoms with Gasteiger partial charge in [-0.2, -0.15) is 0 Å². The molecule has 9 nitrogen and oxygen atoms in total. The number of imidazole rings is 1. The van der Waals surface area contributed by atoms with Gasteiger partial charge in [-0.3, -0.25) is 14.9 Å². The number of hydrogen-bond acceptors (Lipinski definition) is 6. The number of nitrogens with zero attached hydrogens (tertiary/aromatic N) is 3. The molecule has 2 N–H and O–H groups in total. The predicted octanol–water partition coefficient (Wildman–Crippen LogP) is 1.42. The minimum atomic E-state index is -0.524. The summed E-state index contributed by atoms with van der Waals surface area (Å²) < 4.78 is 7.05. The second kappa shape index (κ2) is 8.63. The molecule has 0 atom stereocenters. The lowest BCUT2D eigenvalue weighted by atomic mass is 10.2. The number of aryl methyl sites for hydroxylation is 1. The van der Waals surface area contributed by atoms with Crippen molar-refractivity contribution in [2.24, 2.45) is 0 Å². The quantitative estimate of drug-likeness (QED) is 0.408. The summed E-state index contributed by atoms with van der Waals surface area (Å²) in [5, 5.41) is 16.5. The van der Waals surface area contributed by atoms with Crippen molar-refractivity contribution >= 4 is 17.3 Å². The van der Waals surface area contributed by atoms with Crippen molar-refractivity contribution in [2.45, 2.75) is 13.0 Å². The Kier molecular flexibility index (Phi) is 6.26. The minimum absolute atomic E-state index is 0.107. The molecule has 2 rings (SSSR count). The molecular formula is C15H19N5O4. The SMILES string of the molecule is COc1ccc([N+](=O)[O-])cc1NC(=O)CNCCCn1ccnc1. The third kappa shape index (κ3) is 5.06. The highest BCUT2D eigenvalue weighted by Gasteiger charge is 2.13. The van der Waals surface area contributed by atoms with Crippen LogP contribution in [0.5, 0.6) is 5.75 Å². The summed E-state index contributed by atoms with van der Waals surface area (Å²) in [6, 6.07) is 4.05. The molecule has 1 aromatic carbocycles. The van der Waals surface area contributed by atoms with Gasteiger partial charge in [-0.15, -0.1) is 0 Å². The van der Waals surface area contributed by atoms with Crippen LogP contribution in [-0.4, -0.2) is 40.6 Å². The van der Waals surface area contributed by atoms with Crippen LogP contribution in [0.15, 0.2) is 36.9 Å². The van der Waals surface area contributed by atoms with Crippen molar-refractivity contribution in [3.05, 3.63) is 47.0 Å². The maximum Gasteiger partial charge on any atom is 0.271 e. The van der Waals surface area contributed by atoms with Crippen LogP contribution in [0.3, 0.4) is 0 Å². The van der Waals surface area contributed by atoms with Gasteiger partial charge in [0.15, 0.2) is 0 Å². The van der Waals surface area contributed by atoms with Crippen LogP contribution in [0.1, 0.15) is 6.42 Å². The van der Waals surface area contributed by atoms with Crippen molar-refractivity contribution in [3.8, 4) is 5.75 Å². The molecule has 128 valence electrons. The number of non-ortho nitro benzene ring substituents is 1. The molecule has 24 heavy (non-hydrogen) atoms. The smallest absolute Gasteiger partial charge is 0.271 e. The number of anilines is 1. The molecule has 0 aliphatic carbocycles. The Hall–Kier alpha value is -2.94. The molecule has 0 saturated carbocycles. The van der Waals surface area contributed by atoms with E-state index in [2.05, 4.69) is 15.6 Å². The average Bonchev–Trinajstić information content (AvgIpc) is 3.07. The number of benzene rings is 1. The van der Waals surface area contributed by atoms with Gasteiger partial charge in [0.1, 0.15) is 5.75 Å². The first-order valence-electron chi connectivity index (χ1n) is 7.39. The number of ether oxygens (including phenoxy) is 1. The molecule has 0 aliphatic rings. The highest BCUT2D eigenvalue weighted by Crippen LogP contribution is 2.28. The lowest BCUT2D eigenvalue weighted by Gasteiger charge is -2.10. The molecule has 1 amide bonds. The van der Waals surface area contributed by atoms with Crippen molar-refractivity contribution < 1.29 is 14.5 Å². The molecule has 0 unspecified atom stereocenters. The number of hydrogen-bond donors (Lipinski definition) is 2. The molecule has 0 aliphatic heterocycles. The molecule has 2 aromatic rings. The van der Waals surface area contributed by atoms with E-state index < -0.39 is 4.92 Å². The number of nitro benzene ring substituents is 1. The summed E-state index contributed by atoms with van der Waals surface area (Å²) in [5.41, 5.74) is 0.163. The molecule has 1 heterocycles. The van der Waals surface area contributed by atoms with Crippen LogP contribution in [0, 0.1) is 10.1 Å². The summed E-state index contributed by atoms with van der Waals surface area (Å²) >= 11 is 0. The lowest BCUT2D eigenvalue weighted by Crippen LogP contribution is -2.29. The number of methoxy groups -OCH3 is 1. The van der Waals surface area contributed by atoms with Gasteiger partial charge in [0.2, 0.25) is 5.91 Å². The molecule has 0 bridgehead atoms. The average molecular weight is 333 g/mol. The Labute approximate surface area is 138 Å². The topological polar surface area (TPSA) is 111 Å². The molecule has 0 fully saturated rings. The number of nitro groups is 1. The van der Waals surface area contributed by atoms with E-state index >= 15 is 0 Å². The predicted molar refractivity (Wildman–Crippen MR) is 88.0 cm³/mol. The number of amides is 1. The standard InChI is InChI=1S/C15H19N5O4/c1-24-14-4-3-12(20(22)23)9-13(14)18-15(21)10-16-5-2-7-19-8-6-17-11-19/h3-4,6,8-9,11,16H,2,5,7,10H2,1H3,(H,18,21). The Morgan fingerprint density at radius 1 is 1.46 bits per heavy atom. The number of carbonyl (C=O) groups is 1. The first-order valence-corrected chi connectivity index (χ1v) is 7.39. The summed E-state index contributed by atoms with van der Waals surface area (Å²) in [6.07, 6.45) is 6.18. The largest absolute Gasteiger partial charge is 0.495 e. The second-order valence-electron chi connectivity index (χ2n) is 5.02. The molecule has 9 heteroatoms. The molecule has 1 aromatic heterocycles. The zero-order valence-corrected chi connectivity index (χ0v) is 13.3. The summed E-state index contributed by atoms with van der Waals surface area (Å²) in [6.45, 7) is 1.58. The van der Waals surface area contributed by atoms with Gasteiger partial charge < -0.3 is 19.9 Å². The van der Waals surface area contributed by atoms with Gasteiger partial charge in [0.25, 0.3) is 5.69 Å². The van der Waals surface area contributed by atoms with Crippen molar-refractivity contribution in [3.63, 3.8) is 0 Å². The Balaban J connectivity index is 1.79. The van der Waals surface area contributed by atoms with Gasteiger partial charge in [-0.25, -0.2) is 4.98 Å². The first kappa shape index (κ1) is 17.4. The normalized spacial score (nSPS) is 10.4. The molecule has 0 saturated heterocycles. The zero-order valence-electron chi connectivity index (χ0n) is 13.3. The first-order chi connectivity index (χ1) is 11.6. The lowest BCUT2D eigenvalue weighted by molar-refractivity contribution is -0.384. The molecular weight excluding hydrogens is 314 g/mol. The van der Waals surface area contributed by atoms with Gasteiger partial charge in [0, 0.05) is 31.1 Å². The second-order valence-corrected chi connectivity index (χ2v) is 5.02. The highest BCUT2D eigenvalue weighted by molar-refractivity contribution is 5.94. The zero-order chi connectivity index (χ0) is 17.4. The van der Waals surface area contributed by atoms with Crippen molar-refractivity contribution in [1.82, 2.24) is 14.9 Å². The van der Waals surface area contributed by atoms with E-state index in [0.717, 1.165) is 13.0 Å². The van der Waals surface area contributed by atoms with Crippen molar-refractivity contribution in [1.29, 1.82) is 0 Å². The fourth-order valence-corrected chi connectivity index (χ4v) is 2.11. The number of aromatic nitrogens is 2. The Morgan fingerprint density at radius 2 is 2.29 bits per heavy atom. The maximum atomic E-state index is 11.9. The number of carbonyl (C=O) groups excluding carboxylic acids is 1. The fraction of sp³-hybridized carbons (Fsp3) is 0.333. The van der Waals surface area contributed by atoms with E-state index in [-0.39, 0.29) is 23.8 Å². The maximum absolute atomic E-state index is 11.9. The van der Waals surface area contributed by atoms with Gasteiger partial charge in [-0.1, -0.05) is 0 Å². The third-order valence-corrected chi connectivity index (χ3v) is 3.28. The Morgan fingerprint density at radius 3 is 2.96 bits per heavy atom. The summed E-state index contributed by atoms with van der Waals surface area (Å²) in [5.74, 6) is 0.0745. The minimum Gasteiger partial charge on any atom is -0.495 e. The van der Waals surface area contributed by atoms with E-state index in [1.54, 1.807) is 12.5 Å². The van der Waals surface area contributed by atoms with E-state index in [0.29, 0.717) is 12.3 Å². The third-order valence-electron chi connectivity index (χ3n) is 3.28. The van der Waals surface area contributed by atoms with Gasteiger partial charge in [-0.05, 0) is 19.0 Å². The molecule has 0 spiro atoms. The van der Waals surface area contributed by atoms with Crippen LogP contribution in [-0.2, 0) is 11.3 Å². The van der Waals surface area contributed by atoms with Crippen molar-refractivity contribution in [2.75, 3.05) is 25.5 Å². The van der Waals surface area contributed by atoms with E-state index in [9.17, 15) is 14.9 Å². The van der Waals surface area contributed by atoms with Gasteiger partial charge >= 0.3 is 0 Å². The van der Waals surface area contributed by atoms with Crippen LogP contribution >= 0.6 is 0 Å². The van der Waals surface area contributed by atoms with Gasteiger partial charge in [0.05, 0.1) is 30.6 Å².